The number of nitrogens with two attached hydrogens (primary N) is 1. The van der Waals surface area contributed by atoms with Crippen LogP contribution in [0.15, 0.2) is 58.0 Å². The van der Waals surface area contributed by atoms with E-state index in [2.05, 4.69) is 25.2 Å². The third-order valence-electron chi connectivity index (χ3n) is 3.55. The summed E-state index contributed by atoms with van der Waals surface area (Å²) in [7, 11) is 0. The molecule has 30 heavy (non-hydrogen) atoms. The first-order chi connectivity index (χ1) is 13.8. The summed E-state index contributed by atoms with van der Waals surface area (Å²) in [6.07, 6.45) is -4.52. The van der Waals surface area contributed by atoms with Crippen LogP contribution in [0.5, 0.6) is 5.75 Å². The molecule has 1 heterocycles. The molecular formula is C18H16ClF3IN5O2. The summed E-state index contributed by atoms with van der Waals surface area (Å²) in [5, 5.41) is 7.05. The van der Waals surface area contributed by atoms with Crippen molar-refractivity contribution in [2.45, 2.75) is 12.8 Å². The SMILES string of the molecule is I.NC(=NCCc1nc(-c2ccc(Cl)cc2)no1)Nc1ccccc1OC(F)(F)F. The highest BCUT2D eigenvalue weighted by atomic mass is 127. The molecule has 0 saturated carbocycles. The number of para-hydroxylation sites is 2. The average Bonchev–Trinajstić information content (AvgIpc) is 3.12. The minimum absolute atomic E-state index is 0. The number of hydrogen-bond acceptors (Lipinski definition) is 5. The molecule has 0 spiro atoms. The van der Waals surface area contributed by atoms with E-state index < -0.39 is 12.1 Å². The molecule has 3 rings (SSSR count). The number of aliphatic imine (C=N–C) groups is 1. The predicted molar refractivity (Wildman–Crippen MR) is 117 cm³/mol. The second kappa shape index (κ2) is 10.5. The highest BCUT2D eigenvalue weighted by Crippen LogP contribution is 2.29. The smallest absolute Gasteiger partial charge is 0.404 e. The van der Waals surface area contributed by atoms with Gasteiger partial charge in [0.25, 0.3) is 0 Å². The number of aromatic nitrogens is 2. The fourth-order valence-electron chi connectivity index (χ4n) is 2.31. The molecule has 0 fully saturated rings. The molecule has 0 saturated heterocycles. The average molecular weight is 554 g/mol. The van der Waals surface area contributed by atoms with E-state index in [9.17, 15) is 13.2 Å². The number of ether oxygens (including phenoxy) is 1. The molecular weight excluding hydrogens is 538 g/mol. The van der Waals surface area contributed by atoms with Gasteiger partial charge < -0.3 is 20.3 Å². The molecule has 0 aliphatic rings. The molecule has 0 amide bonds. The normalized spacial score (nSPS) is 11.7. The number of halogens is 5. The summed E-state index contributed by atoms with van der Waals surface area (Å²) >= 11 is 5.84. The Balaban J connectivity index is 0.00000320. The van der Waals surface area contributed by atoms with Crippen LogP contribution >= 0.6 is 35.6 Å². The maximum Gasteiger partial charge on any atom is 0.573 e. The quantitative estimate of drug-likeness (QED) is 0.257. The van der Waals surface area contributed by atoms with Gasteiger partial charge in [0.1, 0.15) is 0 Å². The molecule has 7 nitrogen and oxygen atoms in total. The summed E-state index contributed by atoms with van der Waals surface area (Å²) in [6, 6.07) is 12.4. The summed E-state index contributed by atoms with van der Waals surface area (Å²) in [5.41, 5.74) is 6.52. The van der Waals surface area contributed by atoms with Crippen LogP contribution in [0.2, 0.25) is 5.02 Å². The van der Waals surface area contributed by atoms with Crippen molar-refractivity contribution in [2.24, 2.45) is 10.7 Å². The van der Waals surface area contributed by atoms with Gasteiger partial charge in [-0.25, -0.2) is 0 Å². The number of guanidine groups is 1. The van der Waals surface area contributed by atoms with E-state index in [-0.39, 0.29) is 42.2 Å². The Bertz CT molecular complexity index is 996. The van der Waals surface area contributed by atoms with Gasteiger partial charge in [-0.05, 0) is 36.4 Å². The number of nitrogens with zero attached hydrogens (tertiary/aromatic N) is 3. The number of hydrogen-bond donors (Lipinski definition) is 2. The van der Waals surface area contributed by atoms with Crippen LogP contribution < -0.4 is 15.8 Å². The van der Waals surface area contributed by atoms with Crippen LogP contribution in [-0.2, 0) is 6.42 Å². The molecule has 3 N–H and O–H groups in total. The van der Waals surface area contributed by atoms with Crippen LogP contribution in [0, 0.1) is 0 Å². The van der Waals surface area contributed by atoms with Crippen molar-refractivity contribution in [3.05, 3.63) is 59.4 Å². The van der Waals surface area contributed by atoms with Gasteiger partial charge in [0.05, 0.1) is 12.2 Å². The molecule has 0 aliphatic heterocycles. The Hall–Kier alpha value is -2.54. The molecule has 0 radical (unpaired) electrons. The van der Waals surface area contributed by atoms with Gasteiger partial charge >= 0.3 is 6.36 Å². The van der Waals surface area contributed by atoms with Crippen LogP contribution in [0.25, 0.3) is 11.4 Å². The third-order valence-corrected chi connectivity index (χ3v) is 3.81. The lowest BCUT2D eigenvalue weighted by Crippen LogP contribution is -2.24. The minimum Gasteiger partial charge on any atom is -0.404 e. The fraction of sp³-hybridized carbons (Fsp3) is 0.167. The van der Waals surface area contributed by atoms with Gasteiger partial charge in [-0.15, -0.1) is 37.1 Å². The van der Waals surface area contributed by atoms with Crippen LogP contribution in [0.4, 0.5) is 18.9 Å². The predicted octanol–water partition coefficient (Wildman–Crippen LogP) is 4.88. The highest BCUT2D eigenvalue weighted by Gasteiger charge is 2.32. The monoisotopic (exact) mass is 553 g/mol. The standard InChI is InChI=1S/C18H15ClF3N5O2.HI/c19-12-7-5-11(6-8-12)16-26-15(29-27-16)9-10-24-17(23)25-13-3-1-2-4-14(13)28-18(20,21)22;/h1-8H,9-10H2,(H3,23,24,25);1H. The van der Waals surface area contributed by atoms with Crippen molar-refractivity contribution >= 4 is 47.2 Å². The van der Waals surface area contributed by atoms with Crippen molar-refractivity contribution in [3.8, 4) is 17.1 Å². The number of nitrogens with one attached hydrogen (secondary N) is 1. The van der Waals surface area contributed by atoms with Crippen LogP contribution in [0.3, 0.4) is 0 Å². The van der Waals surface area contributed by atoms with E-state index in [0.717, 1.165) is 5.56 Å². The lowest BCUT2D eigenvalue weighted by molar-refractivity contribution is -0.274. The minimum atomic E-state index is -4.82. The molecule has 2 aromatic carbocycles. The van der Waals surface area contributed by atoms with Crippen molar-refractivity contribution in [2.75, 3.05) is 11.9 Å². The molecule has 0 bridgehead atoms. The molecule has 12 heteroatoms. The lowest BCUT2D eigenvalue weighted by Gasteiger charge is -2.14. The molecule has 0 atom stereocenters. The zero-order chi connectivity index (χ0) is 20.9. The summed E-state index contributed by atoms with van der Waals surface area (Å²) in [5.74, 6) is 0.251. The second-order valence-corrected chi connectivity index (χ2v) is 6.14. The first kappa shape index (κ1) is 23.7. The van der Waals surface area contributed by atoms with E-state index in [4.69, 9.17) is 21.9 Å². The van der Waals surface area contributed by atoms with E-state index in [1.165, 1.54) is 24.3 Å². The maximum absolute atomic E-state index is 12.5. The van der Waals surface area contributed by atoms with E-state index >= 15 is 0 Å². The van der Waals surface area contributed by atoms with Crippen molar-refractivity contribution in [1.29, 1.82) is 0 Å². The zero-order valence-electron chi connectivity index (χ0n) is 15.2. The topological polar surface area (TPSA) is 98.6 Å². The van der Waals surface area contributed by atoms with E-state index in [1.807, 2.05) is 0 Å². The van der Waals surface area contributed by atoms with Gasteiger partial charge in [-0.1, -0.05) is 28.9 Å². The summed E-state index contributed by atoms with van der Waals surface area (Å²) < 4.78 is 46.5. The Morgan fingerprint density at radius 1 is 1.17 bits per heavy atom. The zero-order valence-corrected chi connectivity index (χ0v) is 18.3. The lowest BCUT2D eigenvalue weighted by atomic mass is 10.2. The van der Waals surface area contributed by atoms with Gasteiger partial charge in [0, 0.05) is 17.0 Å². The van der Waals surface area contributed by atoms with Crippen molar-refractivity contribution in [3.63, 3.8) is 0 Å². The van der Waals surface area contributed by atoms with E-state index in [1.54, 1.807) is 24.3 Å². The molecule has 1 aromatic heterocycles. The molecule has 0 aliphatic carbocycles. The first-order valence-corrected chi connectivity index (χ1v) is 8.68. The molecule has 0 unspecified atom stereocenters. The van der Waals surface area contributed by atoms with Crippen LogP contribution in [0.1, 0.15) is 5.89 Å². The molecule has 3 aromatic rings. The van der Waals surface area contributed by atoms with E-state index in [0.29, 0.717) is 23.2 Å². The van der Waals surface area contributed by atoms with Gasteiger partial charge in [-0.2, -0.15) is 4.98 Å². The third kappa shape index (κ3) is 7.06. The number of alkyl halides is 3. The van der Waals surface area contributed by atoms with Gasteiger partial charge in [-0.3, -0.25) is 4.99 Å². The van der Waals surface area contributed by atoms with Crippen molar-refractivity contribution < 1.29 is 22.4 Å². The molecule has 160 valence electrons. The number of benzene rings is 2. The van der Waals surface area contributed by atoms with Gasteiger partial charge in [0.2, 0.25) is 11.7 Å². The fourth-order valence-corrected chi connectivity index (χ4v) is 2.43. The summed E-state index contributed by atoms with van der Waals surface area (Å²) in [6.45, 7) is 0.184. The summed E-state index contributed by atoms with van der Waals surface area (Å²) in [4.78, 5) is 8.30. The van der Waals surface area contributed by atoms with Crippen molar-refractivity contribution in [1.82, 2.24) is 10.1 Å². The Labute approximate surface area is 191 Å². The Kier molecular flexibility index (Phi) is 8.29. The van der Waals surface area contributed by atoms with Crippen LogP contribution in [-0.4, -0.2) is 29.0 Å². The Morgan fingerprint density at radius 2 is 1.87 bits per heavy atom. The first-order valence-electron chi connectivity index (χ1n) is 8.30. The maximum atomic E-state index is 12.5. The highest BCUT2D eigenvalue weighted by molar-refractivity contribution is 14.0. The second-order valence-electron chi connectivity index (χ2n) is 5.70. The number of rotatable bonds is 6. The Morgan fingerprint density at radius 3 is 2.57 bits per heavy atom. The van der Waals surface area contributed by atoms with Gasteiger partial charge in [0.15, 0.2) is 11.7 Å². The largest absolute Gasteiger partial charge is 0.573 e. The number of anilines is 1.